The van der Waals surface area contributed by atoms with Gasteiger partial charge in [-0.15, -0.1) is 0 Å². The molecule has 0 saturated carbocycles. The second-order valence-corrected chi connectivity index (χ2v) is 8.93. The molecule has 1 aromatic heterocycles. The molecule has 0 spiro atoms. The number of fused-ring (bicyclic) bond motifs is 1. The van der Waals surface area contributed by atoms with E-state index in [9.17, 15) is 13.2 Å². The van der Waals surface area contributed by atoms with Crippen LogP contribution in [0.25, 0.3) is 10.2 Å². The van der Waals surface area contributed by atoms with Gasteiger partial charge in [0.05, 0.1) is 29.3 Å². The van der Waals surface area contributed by atoms with Gasteiger partial charge >= 0.3 is 0 Å². The number of hydrogen-bond donors (Lipinski definition) is 1. The molecule has 2 aromatic carbocycles. The van der Waals surface area contributed by atoms with Gasteiger partial charge in [0, 0.05) is 17.4 Å². The number of carbonyl (C=O) groups excluding carboxylic acids is 1. The largest absolute Gasteiger partial charge is 0.496 e. The Morgan fingerprint density at radius 3 is 2.30 bits per heavy atom. The van der Waals surface area contributed by atoms with Crippen molar-refractivity contribution in [3.63, 3.8) is 0 Å². The van der Waals surface area contributed by atoms with Crippen molar-refractivity contribution in [2.24, 2.45) is 0 Å². The molecule has 0 aliphatic heterocycles. The van der Waals surface area contributed by atoms with E-state index in [1.165, 1.54) is 31.6 Å². The number of ether oxygens (including phenoxy) is 2. The van der Waals surface area contributed by atoms with E-state index in [2.05, 4.69) is 10.3 Å². The molecule has 0 aliphatic rings. The second kappa shape index (κ2) is 7.16. The summed E-state index contributed by atoms with van der Waals surface area (Å²) in [5.41, 5.74) is 1.77. The SMILES string of the molecule is COc1cc(C(=O)Nc2nc3ccc(S(C)(=O)=O)cc3s2)cc(OC)c1C. The first-order valence-electron chi connectivity index (χ1n) is 7.87. The Labute approximate surface area is 160 Å². The minimum absolute atomic E-state index is 0.213. The number of nitrogens with zero attached hydrogens (tertiary/aromatic N) is 1. The number of amides is 1. The van der Waals surface area contributed by atoms with Gasteiger partial charge in [-0.05, 0) is 37.3 Å². The smallest absolute Gasteiger partial charge is 0.257 e. The molecule has 7 nitrogen and oxygen atoms in total. The Morgan fingerprint density at radius 1 is 1.11 bits per heavy atom. The first-order chi connectivity index (χ1) is 12.7. The number of anilines is 1. The topological polar surface area (TPSA) is 94.6 Å². The van der Waals surface area contributed by atoms with E-state index < -0.39 is 9.84 Å². The van der Waals surface area contributed by atoms with Gasteiger partial charge in [0.25, 0.3) is 5.91 Å². The summed E-state index contributed by atoms with van der Waals surface area (Å²) in [7, 11) is -0.258. The van der Waals surface area contributed by atoms with E-state index in [0.717, 1.165) is 11.8 Å². The predicted molar refractivity (Wildman–Crippen MR) is 105 cm³/mol. The predicted octanol–water partition coefficient (Wildman–Crippen LogP) is 3.28. The zero-order valence-corrected chi connectivity index (χ0v) is 16.8. The van der Waals surface area contributed by atoms with Crippen LogP contribution in [0.4, 0.5) is 5.13 Å². The van der Waals surface area contributed by atoms with Gasteiger partial charge in [0.2, 0.25) is 0 Å². The molecule has 0 radical (unpaired) electrons. The lowest BCUT2D eigenvalue weighted by Crippen LogP contribution is -2.12. The molecule has 9 heteroatoms. The molecular formula is C18H18N2O5S2. The van der Waals surface area contributed by atoms with Crippen LogP contribution < -0.4 is 14.8 Å². The first kappa shape index (κ1) is 19.1. The lowest BCUT2D eigenvalue weighted by Gasteiger charge is -2.12. The number of rotatable bonds is 5. The molecule has 27 heavy (non-hydrogen) atoms. The minimum atomic E-state index is -3.31. The van der Waals surface area contributed by atoms with Crippen LogP contribution in [0.15, 0.2) is 35.2 Å². The summed E-state index contributed by atoms with van der Waals surface area (Å²) in [6, 6.07) is 7.93. The quantitative estimate of drug-likeness (QED) is 0.699. The number of aromatic nitrogens is 1. The maximum atomic E-state index is 12.6. The number of benzene rings is 2. The summed E-state index contributed by atoms with van der Waals surface area (Å²) in [6.45, 7) is 1.84. The van der Waals surface area contributed by atoms with Crippen LogP contribution in [0.3, 0.4) is 0 Å². The van der Waals surface area contributed by atoms with Crippen molar-refractivity contribution in [2.75, 3.05) is 25.8 Å². The molecule has 1 heterocycles. The van der Waals surface area contributed by atoms with Crippen LogP contribution in [0.2, 0.25) is 0 Å². The fraction of sp³-hybridized carbons (Fsp3) is 0.222. The highest BCUT2D eigenvalue weighted by Crippen LogP contribution is 2.31. The summed E-state index contributed by atoms with van der Waals surface area (Å²) in [4.78, 5) is 17.2. The van der Waals surface area contributed by atoms with E-state index in [0.29, 0.717) is 32.4 Å². The van der Waals surface area contributed by atoms with E-state index in [-0.39, 0.29) is 10.8 Å². The van der Waals surface area contributed by atoms with Crippen molar-refractivity contribution in [1.29, 1.82) is 0 Å². The molecule has 142 valence electrons. The van der Waals surface area contributed by atoms with Crippen LogP contribution in [0.1, 0.15) is 15.9 Å². The lowest BCUT2D eigenvalue weighted by molar-refractivity contribution is 0.102. The second-order valence-electron chi connectivity index (χ2n) is 5.88. The fourth-order valence-corrected chi connectivity index (χ4v) is 4.20. The Balaban J connectivity index is 1.92. The molecule has 1 amide bonds. The molecule has 3 aromatic rings. The number of sulfone groups is 1. The Hall–Kier alpha value is -2.65. The van der Waals surface area contributed by atoms with Gasteiger partial charge in [-0.2, -0.15) is 0 Å². The van der Waals surface area contributed by atoms with Crippen molar-refractivity contribution in [3.8, 4) is 11.5 Å². The highest BCUT2D eigenvalue weighted by Gasteiger charge is 2.16. The Bertz CT molecular complexity index is 1110. The Kier molecular flexibility index (Phi) is 5.07. The number of nitrogens with one attached hydrogen (secondary N) is 1. The highest BCUT2D eigenvalue weighted by molar-refractivity contribution is 7.90. The van der Waals surface area contributed by atoms with Gasteiger partial charge in [-0.1, -0.05) is 11.3 Å². The third kappa shape index (κ3) is 3.88. The van der Waals surface area contributed by atoms with Gasteiger partial charge in [-0.25, -0.2) is 13.4 Å². The number of hydrogen-bond acceptors (Lipinski definition) is 7. The van der Waals surface area contributed by atoms with Crippen molar-refractivity contribution in [1.82, 2.24) is 4.98 Å². The zero-order chi connectivity index (χ0) is 19.8. The fourth-order valence-electron chi connectivity index (χ4n) is 2.58. The summed E-state index contributed by atoms with van der Waals surface area (Å²) in [6.07, 6.45) is 1.15. The molecule has 0 unspecified atom stereocenters. The first-order valence-corrected chi connectivity index (χ1v) is 10.6. The number of thiazole rings is 1. The van der Waals surface area contributed by atoms with E-state index in [1.807, 2.05) is 6.92 Å². The third-order valence-electron chi connectivity index (χ3n) is 4.02. The molecule has 0 atom stereocenters. The number of carbonyl (C=O) groups is 1. The average molecular weight is 406 g/mol. The molecule has 0 bridgehead atoms. The standard InChI is InChI=1S/C18H18N2O5S2/c1-10-14(24-2)7-11(8-15(10)25-3)17(21)20-18-19-13-6-5-12(27(4,22)23)9-16(13)26-18/h5-9H,1-4H3,(H,19,20,21). The third-order valence-corrected chi connectivity index (χ3v) is 6.07. The normalized spacial score (nSPS) is 11.4. The van der Waals surface area contributed by atoms with Gasteiger partial charge in [-0.3, -0.25) is 10.1 Å². The molecule has 0 saturated heterocycles. The highest BCUT2D eigenvalue weighted by atomic mass is 32.2. The van der Waals surface area contributed by atoms with E-state index in [4.69, 9.17) is 9.47 Å². The van der Waals surface area contributed by atoms with Crippen LogP contribution in [0.5, 0.6) is 11.5 Å². The monoisotopic (exact) mass is 406 g/mol. The zero-order valence-electron chi connectivity index (χ0n) is 15.2. The number of methoxy groups -OCH3 is 2. The van der Waals surface area contributed by atoms with Crippen molar-refractivity contribution < 1.29 is 22.7 Å². The summed E-state index contributed by atoms with van der Waals surface area (Å²) >= 11 is 1.20. The van der Waals surface area contributed by atoms with Crippen LogP contribution >= 0.6 is 11.3 Å². The molecule has 3 rings (SSSR count). The van der Waals surface area contributed by atoms with Crippen LogP contribution in [-0.4, -0.2) is 39.8 Å². The van der Waals surface area contributed by atoms with Gasteiger partial charge in [0.1, 0.15) is 11.5 Å². The van der Waals surface area contributed by atoms with Crippen molar-refractivity contribution >= 4 is 42.4 Å². The van der Waals surface area contributed by atoms with Crippen LogP contribution in [0, 0.1) is 6.92 Å². The van der Waals surface area contributed by atoms with Crippen molar-refractivity contribution in [2.45, 2.75) is 11.8 Å². The van der Waals surface area contributed by atoms with Gasteiger partial charge in [0.15, 0.2) is 15.0 Å². The maximum Gasteiger partial charge on any atom is 0.257 e. The van der Waals surface area contributed by atoms with Gasteiger partial charge < -0.3 is 9.47 Å². The van der Waals surface area contributed by atoms with Crippen molar-refractivity contribution in [3.05, 3.63) is 41.5 Å². The minimum Gasteiger partial charge on any atom is -0.496 e. The maximum absolute atomic E-state index is 12.6. The lowest BCUT2D eigenvalue weighted by atomic mass is 10.1. The molecule has 0 aliphatic carbocycles. The summed E-state index contributed by atoms with van der Waals surface area (Å²) in [5.74, 6) is 0.720. The molecule has 1 N–H and O–H groups in total. The average Bonchev–Trinajstić information content (AvgIpc) is 3.02. The van der Waals surface area contributed by atoms with E-state index >= 15 is 0 Å². The molecule has 0 fully saturated rings. The van der Waals surface area contributed by atoms with E-state index in [1.54, 1.807) is 24.3 Å². The summed E-state index contributed by atoms with van der Waals surface area (Å²) < 4.78 is 34.6. The summed E-state index contributed by atoms with van der Waals surface area (Å²) in [5, 5.41) is 3.11. The van der Waals surface area contributed by atoms with Crippen LogP contribution in [-0.2, 0) is 9.84 Å². The molecular weight excluding hydrogens is 388 g/mol. The Morgan fingerprint density at radius 2 is 1.74 bits per heavy atom.